The highest BCUT2D eigenvalue weighted by molar-refractivity contribution is 5.89. The molecule has 3 aromatic heterocycles. The van der Waals surface area contributed by atoms with Crippen LogP contribution in [-0.2, 0) is 16.8 Å². The minimum atomic E-state index is -0.258. The summed E-state index contributed by atoms with van der Waals surface area (Å²) in [5, 5.41) is 27.3. The predicted molar refractivity (Wildman–Crippen MR) is 213 cm³/mol. The molecule has 1 unspecified atom stereocenters. The van der Waals surface area contributed by atoms with Crippen molar-refractivity contribution in [2.45, 2.75) is 103 Å². The number of urea groups is 1. The SMILES string of the molecule is CC1CCCCN1c1nnc2ccc(O[C@@H]3CC[C@H](NC(=O)Nc4cc(C(C)(C)C)nn4-c4cccc(CN5CCCC5)c4)c4ccccc43)cn12.O=CO. The van der Waals surface area contributed by atoms with Gasteiger partial charge in [-0.1, -0.05) is 57.2 Å². The Bertz CT molecular complexity index is 2100. The lowest BCUT2D eigenvalue weighted by Gasteiger charge is -2.33. The number of anilines is 2. The summed E-state index contributed by atoms with van der Waals surface area (Å²) < 4.78 is 10.6. The van der Waals surface area contributed by atoms with Crippen LogP contribution in [0.2, 0.25) is 0 Å². The number of aromatic nitrogens is 5. The van der Waals surface area contributed by atoms with E-state index in [0.717, 1.165) is 91.7 Å². The van der Waals surface area contributed by atoms with Gasteiger partial charge in [0.05, 0.1) is 23.6 Å². The average molecular weight is 748 g/mol. The fourth-order valence-corrected chi connectivity index (χ4v) is 8.04. The van der Waals surface area contributed by atoms with Crippen LogP contribution in [0.1, 0.15) is 107 Å². The number of benzene rings is 2. The van der Waals surface area contributed by atoms with Gasteiger partial charge in [-0.2, -0.15) is 5.10 Å². The summed E-state index contributed by atoms with van der Waals surface area (Å²) in [6.07, 6.45) is 9.46. The standard InChI is InChI=1S/C41H51N9O2.CH2O2/c1-28-12-7-8-23-48(28)40-45-44-37-20-17-31(27-49(37)40)52-35-19-18-34(32-15-5-6-16-33(32)35)42-39(51)43-38-25-36(41(2,3)4)46-50(38)30-14-11-13-29(24-30)26-47-21-9-10-22-47;2-1-3/h5-6,11,13-17,20,24-25,27-28,34-35H,7-10,12,18-19,21-23,26H2,1-4H3,(H2,42,43,51);1H,(H,2,3)/t28?,34-,35+;/m0./s1. The number of piperidine rings is 1. The predicted octanol–water partition coefficient (Wildman–Crippen LogP) is 7.66. The van der Waals surface area contributed by atoms with Crippen molar-refractivity contribution in [2.75, 3.05) is 29.9 Å². The third kappa shape index (κ3) is 8.62. The van der Waals surface area contributed by atoms with Gasteiger partial charge >= 0.3 is 6.03 Å². The van der Waals surface area contributed by atoms with Crippen molar-refractivity contribution in [3.05, 3.63) is 95.3 Å². The molecule has 290 valence electrons. The summed E-state index contributed by atoms with van der Waals surface area (Å²) in [4.78, 5) is 27.0. The number of carboxylic acid groups (broad SMARTS) is 1. The Labute approximate surface area is 322 Å². The van der Waals surface area contributed by atoms with Crippen LogP contribution >= 0.6 is 0 Å². The third-order valence-corrected chi connectivity index (χ3v) is 10.9. The highest BCUT2D eigenvalue weighted by atomic mass is 16.5. The first kappa shape index (κ1) is 37.9. The number of nitrogens with one attached hydrogen (secondary N) is 2. The first-order chi connectivity index (χ1) is 26.6. The maximum Gasteiger partial charge on any atom is 0.320 e. The second-order valence-corrected chi connectivity index (χ2v) is 15.9. The Kier molecular flexibility index (Phi) is 11.4. The van der Waals surface area contributed by atoms with E-state index in [1.54, 1.807) is 0 Å². The lowest BCUT2D eigenvalue weighted by molar-refractivity contribution is -0.122. The molecule has 2 saturated heterocycles. The molecule has 13 nitrogen and oxygen atoms in total. The Morgan fingerprint density at radius 3 is 2.45 bits per heavy atom. The number of ether oxygens (including phenoxy) is 1. The number of rotatable bonds is 8. The molecular formula is C42H53N9O4. The zero-order valence-corrected chi connectivity index (χ0v) is 32.3. The maximum atomic E-state index is 13.8. The molecule has 2 amide bonds. The Hall–Kier alpha value is -5.43. The number of amides is 2. The normalized spacial score (nSPS) is 20.0. The molecule has 13 heteroatoms. The van der Waals surface area contributed by atoms with Gasteiger partial charge in [0.25, 0.3) is 6.47 Å². The molecule has 5 aromatic rings. The van der Waals surface area contributed by atoms with Gasteiger partial charge in [-0.05, 0) is 106 Å². The van der Waals surface area contributed by atoms with Crippen LogP contribution < -0.4 is 20.3 Å². The van der Waals surface area contributed by atoms with Crippen molar-refractivity contribution in [3.8, 4) is 11.4 Å². The average Bonchev–Trinajstić information content (AvgIpc) is 3.94. The van der Waals surface area contributed by atoms with Crippen molar-refractivity contribution in [1.82, 2.24) is 34.6 Å². The molecule has 2 fully saturated rings. The lowest BCUT2D eigenvalue weighted by Crippen LogP contribution is -2.38. The van der Waals surface area contributed by atoms with Crippen molar-refractivity contribution in [1.29, 1.82) is 0 Å². The topological polar surface area (TPSA) is 142 Å². The molecule has 3 atom stereocenters. The van der Waals surface area contributed by atoms with Crippen molar-refractivity contribution >= 4 is 29.9 Å². The summed E-state index contributed by atoms with van der Waals surface area (Å²) in [6.45, 7) is 12.6. The molecule has 2 aromatic carbocycles. The summed E-state index contributed by atoms with van der Waals surface area (Å²) >= 11 is 0. The second-order valence-electron chi connectivity index (χ2n) is 15.9. The summed E-state index contributed by atoms with van der Waals surface area (Å²) in [5.41, 5.74) is 5.88. The summed E-state index contributed by atoms with van der Waals surface area (Å²) in [6, 6.07) is 22.7. The van der Waals surface area contributed by atoms with Crippen LogP contribution in [0, 0.1) is 0 Å². The van der Waals surface area contributed by atoms with Gasteiger partial charge in [0, 0.05) is 30.6 Å². The lowest BCUT2D eigenvalue weighted by atomic mass is 9.85. The fourth-order valence-electron chi connectivity index (χ4n) is 8.04. The molecule has 5 heterocycles. The quantitative estimate of drug-likeness (QED) is 0.136. The highest BCUT2D eigenvalue weighted by Gasteiger charge is 2.31. The zero-order valence-electron chi connectivity index (χ0n) is 32.3. The number of likely N-dealkylation sites (tertiary alicyclic amines) is 1. The highest BCUT2D eigenvalue weighted by Crippen LogP contribution is 2.39. The van der Waals surface area contributed by atoms with E-state index in [9.17, 15) is 4.79 Å². The summed E-state index contributed by atoms with van der Waals surface area (Å²) in [7, 11) is 0. The fraction of sp³-hybridized carbons (Fsp3) is 0.452. The van der Waals surface area contributed by atoms with Crippen LogP contribution in [0.25, 0.3) is 11.3 Å². The maximum absolute atomic E-state index is 13.8. The molecule has 1 aliphatic carbocycles. The molecule has 8 rings (SSSR count). The Morgan fingerprint density at radius 1 is 0.927 bits per heavy atom. The smallest absolute Gasteiger partial charge is 0.320 e. The number of pyridine rings is 1. The van der Waals surface area contributed by atoms with Gasteiger partial charge in [0.1, 0.15) is 17.7 Å². The Balaban J connectivity index is 0.00000150. The number of carbonyl (C=O) groups excluding carboxylic acids is 1. The molecule has 0 spiro atoms. The molecule has 0 radical (unpaired) electrons. The number of fused-ring (bicyclic) bond motifs is 2. The third-order valence-electron chi connectivity index (χ3n) is 10.9. The van der Waals surface area contributed by atoms with Crippen LogP contribution in [0.3, 0.4) is 0 Å². The van der Waals surface area contributed by atoms with Crippen molar-refractivity contribution in [2.24, 2.45) is 0 Å². The minimum absolute atomic E-state index is 0.146. The minimum Gasteiger partial charge on any atom is -0.484 e. The monoisotopic (exact) mass is 747 g/mol. The van der Waals surface area contributed by atoms with Gasteiger partial charge in [0.2, 0.25) is 5.95 Å². The van der Waals surface area contributed by atoms with Crippen LogP contribution in [0.15, 0.2) is 72.9 Å². The largest absolute Gasteiger partial charge is 0.484 e. The molecular weight excluding hydrogens is 695 g/mol. The zero-order chi connectivity index (χ0) is 38.5. The van der Waals surface area contributed by atoms with Crippen LogP contribution in [0.4, 0.5) is 16.6 Å². The molecule has 0 bridgehead atoms. The molecule has 3 aliphatic rings. The number of nitrogens with zero attached hydrogens (tertiary/aromatic N) is 7. The molecule has 55 heavy (non-hydrogen) atoms. The Morgan fingerprint density at radius 2 is 1.69 bits per heavy atom. The van der Waals surface area contributed by atoms with Crippen LogP contribution in [-0.4, -0.2) is 72.6 Å². The van der Waals surface area contributed by atoms with E-state index in [2.05, 4.69) is 99.1 Å². The van der Waals surface area contributed by atoms with Crippen molar-refractivity contribution < 1.29 is 19.4 Å². The molecule has 0 saturated carbocycles. The molecule has 3 N–H and O–H groups in total. The van der Waals surface area contributed by atoms with E-state index in [1.807, 2.05) is 41.2 Å². The van der Waals surface area contributed by atoms with Gasteiger partial charge in [-0.15, -0.1) is 10.2 Å². The van der Waals surface area contributed by atoms with E-state index in [-0.39, 0.29) is 30.1 Å². The van der Waals surface area contributed by atoms with E-state index in [4.69, 9.17) is 19.7 Å². The first-order valence-electron chi connectivity index (χ1n) is 19.6. The van der Waals surface area contributed by atoms with Gasteiger partial charge < -0.3 is 20.1 Å². The van der Waals surface area contributed by atoms with Gasteiger partial charge in [0.15, 0.2) is 5.65 Å². The van der Waals surface area contributed by atoms with Gasteiger partial charge in [-0.3, -0.25) is 19.4 Å². The van der Waals surface area contributed by atoms with Crippen molar-refractivity contribution in [3.63, 3.8) is 0 Å². The van der Waals surface area contributed by atoms with E-state index in [0.29, 0.717) is 11.9 Å². The second kappa shape index (κ2) is 16.5. The molecule has 2 aliphatic heterocycles. The van der Waals surface area contributed by atoms with Gasteiger partial charge in [-0.25, -0.2) is 9.48 Å². The number of hydrogen-bond acceptors (Lipinski definition) is 8. The number of carbonyl (C=O) groups is 2. The summed E-state index contributed by atoms with van der Waals surface area (Å²) in [5.74, 6) is 2.29. The van der Waals surface area contributed by atoms with E-state index in [1.165, 1.54) is 24.8 Å². The number of hydrogen-bond donors (Lipinski definition) is 3. The van der Waals surface area contributed by atoms with Crippen LogP contribution in [0.5, 0.6) is 5.75 Å². The van der Waals surface area contributed by atoms with E-state index < -0.39 is 0 Å². The van der Waals surface area contributed by atoms with E-state index >= 15 is 0 Å². The first-order valence-corrected chi connectivity index (χ1v) is 19.6.